The third kappa shape index (κ3) is 3.43. The highest BCUT2D eigenvalue weighted by Crippen LogP contribution is 2.30. The van der Waals surface area contributed by atoms with Crippen molar-refractivity contribution in [2.75, 3.05) is 11.4 Å². The third-order valence-corrected chi connectivity index (χ3v) is 4.67. The molecule has 1 aromatic heterocycles. The summed E-state index contributed by atoms with van der Waals surface area (Å²) in [6.07, 6.45) is 0. The second kappa shape index (κ2) is 7.72. The lowest BCUT2D eigenvalue weighted by molar-refractivity contribution is 0.510. The maximum absolute atomic E-state index is 14.4. The average Bonchev–Trinajstić information content (AvgIpc) is 2.74. The molecule has 0 spiro atoms. The van der Waals surface area contributed by atoms with Crippen molar-refractivity contribution in [2.24, 2.45) is 0 Å². The van der Waals surface area contributed by atoms with Crippen molar-refractivity contribution in [2.45, 2.75) is 13.5 Å². The summed E-state index contributed by atoms with van der Waals surface area (Å²) in [6.45, 7) is 3.41. The van der Waals surface area contributed by atoms with E-state index in [0.29, 0.717) is 24.4 Å². The van der Waals surface area contributed by atoms with E-state index >= 15 is 0 Å². The van der Waals surface area contributed by atoms with E-state index in [4.69, 9.17) is 0 Å². The fourth-order valence-corrected chi connectivity index (χ4v) is 3.24. The van der Waals surface area contributed by atoms with Gasteiger partial charge >= 0.3 is 0 Å². The molecule has 5 heteroatoms. The van der Waals surface area contributed by atoms with E-state index in [1.165, 1.54) is 12.1 Å². The zero-order chi connectivity index (χ0) is 19.5. The number of halogens is 2. The summed E-state index contributed by atoms with van der Waals surface area (Å²) in [5.74, 6) is -0.963. The SMILES string of the molecule is CCN(Cc1ccccc1)c1nc(-c2cccc(F)c2F)nc2ccccc12. The van der Waals surface area contributed by atoms with Crippen LogP contribution in [0.3, 0.4) is 0 Å². The summed E-state index contributed by atoms with van der Waals surface area (Å²) >= 11 is 0. The molecular formula is C23H19F2N3. The van der Waals surface area contributed by atoms with Crippen LogP contribution in [-0.2, 0) is 6.54 Å². The number of anilines is 1. The van der Waals surface area contributed by atoms with Crippen molar-refractivity contribution in [1.82, 2.24) is 9.97 Å². The lowest BCUT2D eigenvalue weighted by atomic mass is 10.1. The molecule has 140 valence electrons. The summed E-state index contributed by atoms with van der Waals surface area (Å²) in [4.78, 5) is 11.2. The van der Waals surface area contributed by atoms with Crippen LogP contribution in [0.5, 0.6) is 0 Å². The number of rotatable bonds is 5. The lowest BCUT2D eigenvalue weighted by Gasteiger charge is -2.24. The summed E-state index contributed by atoms with van der Waals surface area (Å²) in [7, 11) is 0. The minimum Gasteiger partial charge on any atom is -0.352 e. The Kier molecular flexibility index (Phi) is 4.98. The summed E-state index contributed by atoms with van der Waals surface area (Å²) in [5, 5.41) is 0.876. The lowest BCUT2D eigenvalue weighted by Crippen LogP contribution is -2.23. The highest BCUT2D eigenvalue weighted by molar-refractivity contribution is 5.91. The standard InChI is InChI=1S/C23H19F2N3/c1-2-28(15-16-9-4-3-5-10-16)23-17-11-6-7-14-20(17)26-22(27-23)18-12-8-13-19(24)21(18)25/h3-14H,2,15H2,1H3. The van der Waals surface area contributed by atoms with E-state index in [1.807, 2.05) is 49.4 Å². The van der Waals surface area contributed by atoms with Crippen LogP contribution in [-0.4, -0.2) is 16.5 Å². The van der Waals surface area contributed by atoms with Crippen molar-refractivity contribution in [3.8, 4) is 11.4 Å². The molecule has 0 amide bonds. The predicted molar refractivity (Wildman–Crippen MR) is 108 cm³/mol. The molecule has 28 heavy (non-hydrogen) atoms. The molecule has 3 nitrogen and oxygen atoms in total. The van der Waals surface area contributed by atoms with Crippen LogP contribution in [0, 0.1) is 11.6 Å². The predicted octanol–water partition coefficient (Wildman–Crippen LogP) is 5.60. The minimum atomic E-state index is -0.935. The van der Waals surface area contributed by atoms with Gasteiger partial charge in [0.15, 0.2) is 17.5 Å². The first-order chi connectivity index (χ1) is 13.7. The Balaban J connectivity index is 1.88. The van der Waals surface area contributed by atoms with Crippen molar-refractivity contribution in [3.05, 3.63) is 90.0 Å². The van der Waals surface area contributed by atoms with Crippen molar-refractivity contribution in [3.63, 3.8) is 0 Å². The average molecular weight is 375 g/mol. The van der Waals surface area contributed by atoms with Crippen molar-refractivity contribution in [1.29, 1.82) is 0 Å². The number of nitrogens with zero attached hydrogens (tertiary/aromatic N) is 3. The van der Waals surface area contributed by atoms with Gasteiger partial charge in [-0.15, -0.1) is 0 Å². The molecule has 0 fully saturated rings. The molecule has 0 radical (unpaired) electrons. The Bertz CT molecular complexity index is 1110. The Morgan fingerprint density at radius 1 is 0.821 bits per heavy atom. The number of hydrogen-bond donors (Lipinski definition) is 0. The molecule has 1 heterocycles. The zero-order valence-corrected chi connectivity index (χ0v) is 15.4. The van der Waals surface area contributed by atoms with Crippen LogP contribution >= 0.6 is 0 Å². The summed E-state index contributed by atoms with van der Waals surface area (Å²) in [5.41, 5.74) is 1.89. The van der Waals surface area contributed by atoms with Gasteiger partial charge in [-0.1, -0.05) is 48.5 Å². The van der Waals surface area contributed by atoms with Gasteiger partial charge < -0.3 is 4.90 Å². The number of benzene rings is 3. The highest BCUT2D eigenvalue weighted by Gasteiger charge is 2.18. The van der Waals surface area contributed by atoms with Crippen LogP contribution in [0.2, 0.25) is 0 Å². The molecule has 3 aromatic carbocycles. The van der Waals surface area contributed by atoms with Gasteiger partial charge in [0.1, 0.15) is 5.82 Å². The molecule has 0 atom stereocenters. The Hall–Kier alpha value is -3.34. The molecule has 0 unspecified atom stereocenters. The molecule has 0 bridgehead atoms. The topological polar surface area (TPSA) is 29.0 Å². The van der Waals surface area contributed by atoms with Crippen LogP contribution in [0.15, 0.2) is 72.8 Å². The Morgan fingerprint density at radius 2 is 1.57 bits per heavy atom. The molecule has 0 aliphatic rings. The van der Waals surface area contributed by atoms with Gasteiger partial charge in [-0.05, 0) is 36.8 Å². The van der Waals surface area contributed by atoms with Crippen LogP contribution in [0.25, 0.3) is 22.3 Å². The first-order valence-corrected chi connectivity index (χ1v) is 9.17. The second-order valence-electron chi connectivity index (χ2n) is 6.49. The molecular weight excluding hydrogens is 356 g/mol. The summed E-state index contributed by atoms with van der Waals surface area (Å²) in [6, 6.07) is 21.7. The largest absolute Gasteiger partial charge is 0.352 e. The van der Waals surface area contributed by atoms with Crippen LogP contribution in [0.4, 0.5) is 14.6 Å². The monoisotopic (exact) mass is 375 g/mol. The van der Waals surface area contributed by atoms with E-state index in [1.54, 1.807) is 0 Å². The second-order valence-corrected chi connectivity index (χ2v) is 6.49. The Labute approximate surface area is 162 Å². The van der Waals surface area contributed by atoms with Gasteiger partial charge in [0.05, 0.1) is 11.1 Å². The van der Waals surface area contributed by atoms with Crippen LogP contribution < -0.4 is 4.90 Å². The fourth-order valence-electron chi connectivity index (χ4n) is 3.24. The zero-order valence-electron chi connectivity index (χ0n) is 15.4. The first-order valence-electron chi connectivity index (χ1n) is 9.17. The number of aromatic nitrogens is 2. The van der Waals surface area contributed by atoms with E-state index in [0.717, 1.165) is 17.0 Å². The Morgan fingerprint density at radius 3 is 2.36 bits per heavy atom. The van der Waals surface area contributed by atoms with E-state index in [-0.39, 0.29) is 11.4 Å². The van der Waals surface area contributed by atoms with E-state index in [2.05, 4.69) is 27.0 Å². The molecule has 0 aliphatic carbocycles. The van der Waals surface area contributed by atoms with E-state index in [9.17, 15) is 8.78 Å². The van der Waals surface area contributed by atoms with Gasteiger partial charge in [-0.3, -0.25) is 0 Å². The van der Waals surface area contributed by atoms with Gasteiger partial charge in [0, 0.05) is 18.5 Å². The number of hydrogen-bond acceptors (Lipinski definition) is 3. The van der Waals surface area contributed by atoms with E-state index < -0.39 is 11.6 Å². The molecule has 0 N–H and O–H groups in total. The van der Waals surface area contributed by atoms with Crippen molar-refractivity contribution < 1.29 is 8.78 Å². The van der Waals surface area contributed by atoms with Gasteiger partial charge in [0.2, 0.25) is 0 Å². The molecule has 4 rings (SSSR count). The first kappa shape index (κ1) is 18.0. The maximum Gasteiger partial charge on any atom is 0.169 e. The smallest absolute Gasteiger partial charge is 0.169 e. The molecule has 0 saturated carbocycles. The number of para-hydroxylation sites is 1. The maximum atomic E-state index is 14.4. The minimum absolute atomic E-state index is 0.0581. The van der Waals surface area contributed by atoms with Gasteiger partial charge in [-0.25, -0.2) is 18.7 Å². The fraction of sp³-hybridized carbons (Fsp3) is 0.130. The van der Waals surface area contributed by atoms with Crippen molar-refractivity contribution >= 4 is 16.7 Å². The third-order valence-electron chi connectivity index (χ3n) is 4.67. The highest BCUT2D eigenvalue weighted by atomic mass is 19.2. The molecule has 0 aliphatic heterocycles. The molecule has 4 aromatic rings. The molecule has 0 saturated heterocycles. The van der Waals surface area contributed by atoms with Gasteiger partial charge in [-0.2, -0.15) is 0 Å². The quantitative estimate of drug-likeness (QED) is 0.455. The number of fused-ring (bicyclic) bond motifs is 1. The van der Waals surface area contributed by atoms with Gasteiger partial charge in [0.25, 0.3) is 0 Å². The van der Waals surface area contributed by atoms with Crippen LogP contribution in [0.1, 0.15) is 12.5 Å². The summed E-state index contributed by atoms with van der Waals surface area (Å²) < 4.78 is 28.1. The normalized spacial score (nSPS) is 11.0.